The van der Waals surface area contributed by atoms with Gasteiger partial charge in [0.05, 0.1) is 11.9 Å². The van der Waals surface area contributed by atoms with Crippen LogP contribution in [0.15, 0.2) is 18.3 Å². The number of rotatable bonds is 4. The van der Waals surface area contributed by atoms with Crippen LogP contribution >= 0.6 is 0 Å². The Labute approximate surface area is 114 Å². The minimum Gasteiger partial charge on any atom is -0.397 e. The summed E-state index contributed by atoms with van der Waals surface area (Å²) in [5.74, 6) is 1.50. The summed E-state index contributed by atoms with van der Waals surface area (Å²) < 4.78 is 0. The van der Waals surface area contributed by atoms with E-state index in [1.54, 1.807) is 12.1 Å². The van der Waals surface area contributed by atoms with E-state index in [9.17, 15) is 4.79 Å². The molecular formula is C15H23N3O. The number of anilines is 1. The lowest BCUT2D eigenvalue weighted by Gasteiger charge is -2.26. The second kappa shape index (κ2) is 6.55. The maximum absolute atomic E-state index is 11.8. The van der Waals surface area contributed by atoms with Crippen LogP contribution in [0, 0.1) is 11.8 Å². The van der Waals surface area contributed by atoms with Gasteiger partial charge in [-0.2, -0.15) is 0 Å². The normalized spacial score (nSPS) is 23.0. The number of nitrogens with zero attached hydrogens (tertiary/aromatic N) is 1. The molecule has 0 aliphatic heterocycles. The van der Waals surface area contributed by atoms with E-state index in [0.717, 1.165) is 24.8 Å². The minimum absolute atomic E-state index is 0.108. The highest BCUT2D eigenvalue weighted by atomic mass is 16.1. The zero-order chi connectivity index (χ0) is 13.7. The molecule has 0 radical (unpaired) electrons. The van der Waals surface area contributed by atoms with Gasteiger partial charge in [0, 0.05) is 6.54 Å². The van der Waals surface area contributed by atoms with Crippen LogP contribution in [0.2, 0.25) is 0 Å². The first-order chi connectivity index (χ1) is 9.15. The third kappa shape index (κ3) is 4.23. The molecule has 3 N–H and O–H groups in total. The Morgan fingerprint density at radius 1 is 1.47 bits per heavy atom. The number of aromatic nitrogens is 1. The summed E-state index contributed by atoms with van der Waals surface area (Å²) in [5, 5.41) is 2.94. The number of amides is 1. The Kier molecular flexibility index (Phi) is 4.77. The molecule has 1 aromatic rings. The van der Waals surface area contributed by atoms with Crippen LogP contribution in [-0.4, -0.2) is 17.4 Å². The molecule has 0 bridgehead atoms. The van der Waals surface area contributed by atoms with Gasteiger partial charge in [-0.1, -0.05) is 26.2 Å². The fourth-order valence-corrected chi connectivity index (χ4v) is 2.84. The van der Waals surface area contributed by atoms with Crippen LogP contribution in [0.5, 0.6) is 0 Å². The fourth-order valence-electron chi connectivity index (χ4n) is 2.84. The Morgan fingerprint density at radius 2 is 2.32 bits per heavy atom. The number of hydrogen-bond donors (Lipinski definition) is 2. The molecule has 1 fully saturated rings. The zero-order valence-corrected chi connectivity index (χ0v) is 11.6. The third-order valence-electron chi connectivity index (χ3n) is 3.90. The van der Waals surface area contributed by atoms with Crippen molar-refractivity contribution in [3.63, 3.8) is 0 Å². The third-order valence-corrected chi connectivity index (χ3v) is 3.90. The summed E-state index contributed by atoms with van der Waals surface area (Å²) in [6.45, 7) is 3.06. The molecule has 19 heavy (non-hydrogen) atoms. The van der Waals surface area contributed by atoms with E-state index in [4.69, 9.17) is 5.73 Å². The van der Waals surface area contributed by atoms with Crippen LogP contribution in [0.1, 0.15) is 49.5 Å². The highest BCUT2D eigenvalue weighted by molar-refractivity contribution is 5.92. The van der Waals surface area contributed by atoms with E-state index in [1.165, 1.54) is 31.9 Å². The van der Waals surface area contributed by atoms with E-state index in [1.807, 2.05) is 0 Å². The van der Waals surface area contributed by atoms with Gasteiger partial charge in [0.15, 0.2) is 0 Å². The first-order valence-electron chi connectivity index (χ1n) is 7.15. The molecule has 2 rings (SSSR count). The van der Waals surface area contributed by atoms with Crippen LogP contribution in [0.3, 0.4) is 0 Å². The molecule has 1 saturated carbocycles. The molecule has 4 nitrogen and oxygen atoms in total. The average Bonchev–Trinajstić information content (AvgIpc) is 2.39. The summed E-state index contributed by atoms with van der Waals surface area (Å²) in [4.78, 5) is 15.9. The molecule has 2 atom stereocenters. The topological polar surface area (TPSA) is 68.0 Å². The number of nitrogens with two attached hydrogens (primary N) is 1. The molecule has 1 heterocycles. The van der Waals surface area contributed by atoms with Crippen LogP contribution in [0.4, 0.5) is 5.69 Å². The average molecular weight is 261 g/mol. The molecular weight excluding hydrogens is 238 g/mol. The molecule has 1 aliphatic carbocycles. The van der Waals surface area contributed by atoms with Crippen LogP contribution < -0.4 is 11.1 Å². The monoisotopic (exact) mass is 261 g/mol. The molecule has 0 spiro atoms. The van der Waals surface area contributed by atoms with Crippen molar-refractivity contribution in [3.05, 3.63) is 24.0 Å². The second-order valence-electron chi connectivity index (χ2n) is 5.66. The Hall–Kier alpha value is -1.58. The van der Waals surface area contributed by atoms with Gasteiger partial charge < -0.3 is 11.1 Å². The second-order valence-corrected chi connectivity index (χ2v) is 5.66. The predicted octanol–water partition coefficient (Wildman–Crippen LogP) is 2.61. The molecule has 0 saturated heterocycles. The van der Waals surface area contributed by atoms with Gasteiger partial charge in [-0.15, -0.1) is 0 Å². The molecule has 1 aromatic heterocycles. The maximum Gasteiger partial charge on any atom is 0.269 e. The molecule has 104 valence electrons. The molecule has 0 aromatic carbocycles. The maximum atomic E-state index is 11.8. The lowest BCUT2D eigenvalue weighted by molar-refractivity contribution is 0.0944. The minimum atomic E-state index is -0.108. The summed E-state index contributed by atoms with van der Waals surface area (Å²) >= 11 is 0. The van der Waals surface area contributed by atoms with Crippen molar-refractivity contribution in [2.24, 2.45) is 11.8 Å². The smallest absolute Gasteiger partial charge is 0.269 e. The van der Waals surface area contributed by atoms with Crippen molar-refractivity contribution in [2.75, 3.05) is 12.3 Å². The Balaban J connectivity index is 1.73. The van der Waals surface area contributed by atoms with Crippen molar-refractivity contribution in [3.8, 4) is 0 Å². The summed E-state index contributed by atoms with van der Waals surface area (Å²) in [6.07, 6.45) is 7.89. The van der Waals surface area contributed by atoms with Gasteiger partial charge in [0.1, 0.15) is 5.69 Å². The lowest BCUT2D eigenvalue weighted by atomic mass is 9.81. The van der Waals surface area contributed by atoms with Gasteiger partial charge in [-0.05, 0) is 36.8 Å². The van der Waals surface area contributed by atoms with Crippen molar-refractivity contribution in [1.82, 2.24) is 10.3 Å². The Bertz CT molecular complexity index is 416. The molecule has 4 heteroatoms. The van der Waals surface area contributed by atoms with Gasteiger partial charge in [-0.25, -0.2) is 4.98 Å². The highest BCUT2D eigenvalue weighted by Gasteiger charge is 2.18. The van der Waals surface area contributed by atoms with E-state index in [2.05, 4.69) is 17.2 Å². The van der Waals surface area contributed by atoms with E-state index >= 15 is 0 Å². The SMILES string of the molecule is CC1CCCC(CCNC(=O)c2ccc(N)cn2)C1. The summed E-state index contributed by atoms with van der Waals surface area (Å²) in [5.41, 5.74) is 6.56. The Morgan fingerprint density at radius 3 is 3.00 bits per heavy atom. The number of nitrogens with one attached hydrogen (secondary N) is 1. The highest BCUT2D eigenvalue weighted by Crippen LogP contribution is 2.30. The van der Waals surface area contributed by atoms with Gasteiger partial charge >= 0.3 is 0 Å². The number of carbonyl (C=O) groups is 1. The molecule has 2 unspecified atom stereocenters. The predicted molar refractivity (Wildman–Crippen MR) is 76.7 cm³/mol. The van der Waals surface area contributed by atoms with Crippen LogP contribution in [0.25, 0.3) is 0 Å². The number of carbonyl (C=O) groups excluding carboxylic acids is 1. The van der Waals surface area contributed by atoms with Gasteiger partial charge in [0.2, 0.25) is 0 Å². The fraction of sp³-hybridized carbons (Fsp3) is 0.600. The molecule has 1 aliphatic rings. The number of nitrogen functional groups attached to an aromatic ring is 1. The largest absolute Gasteiger partial charge is 0.397 e. The van der Waals surface area contributed by atoms with Crippen molar-refractivity contribution >= 4 is 11.6 Å². The standard InChI is InChI=1S/C15H23N3O/c1-11-3-2-4-12(9-11)7-8-17-15(19)14-6-5-13(16)10-18-14/h5-6,10-12H,2-4,7-9,16H2,1H3,(H,17,19). The van der Waals surface area contributed by atoms with E-state index < -0.39 is 0 Å². The van der Waals surface area contributed by atoms with Gasteiger partial charge in [-0.3, -0.25) is 4.79 Å². The van der Waals surface area contributed by atoms with Crippen molar-refractivity contribution in [2.45, 2.75) is 39.0 Å². The molecule has 1 amide bonds. The van der Waals surface area contributed by atoms with Gasteiger partial charge in [0.25, 0.3) is 5.91 Å². The number of hydrogen-bond acceptors (Lipinski definition) is 3. The van der Waals surface area contributed by atoms with E-state index in [0.29, 0.717) is 11.4 Å². The zero-order valence-electron chi connectivity index (χ0n) is 11.6. The van der Waals surface area contributed by atoms with E-state index in [-0.39, 0.29) is 5.91 Å². The van der Waals surface area contributed by atoms with Crippen LogP contribution in [-0.2, 0) is 0 Å². The summed E-state index contributed by atoms with van der Waals surface area (Å²) in [6, 6.07) is 3.36. The first kappa shape index (κ1) is 13.8. The van der Waals surface area contributed by atoms with Crippen molar-refractivity contribution in [1.29, 1.82) is 0 Å². The first-order valence-corrected chi connectivity index (χ1v) is 7.15. The summed E-state index contributed by atoms with van der Waals surface area (Å²) in [7, 11) is 0. The van der Waals surface area contributed by atoms with Crippen molar-refractivity contribution < 1.29 is 4.79 Å². The lowest BCUT2D eigenvalue weighted by Crippen LogP contribution is -2.27. The quantitative estimate of drug-likeness (QED) is 0.875. The number of pyridine rings is 1.